The summed E-state index contributed by atoms with van der Waals surface area (Å²) in [7, 11) is 0. The monoisotopic (exact) mass is 255 g/mol. The molecule has 2 rings (SSSR count). The largest absolute Gasteiger partial charge is 0.335 e. The van der Waals surface area contributed by atoms with E-state index in [0.717, 1.165) is 12.8 Å². The van der Waals surface area contributed by atoms with Crippen LogP contribution in [0.1, 0.15) is 33.1 Å². The molecule has 1 aromatic rings. The van der Waals surface area contributed by atoms with Gasteiger partial charge in [-0.05, 0) is 26.7 Å². The van der Waals surface area contributed by atoms with Gasteiger partial charge in [0, 0.05) is 12.1 Å². The van der Waals surface area contributed by atoms with Crippen LogP contribution in [-0.4, -0.2) is 33.3 Å². The van der Waals surface area contributed by atoms with Crippen molar-refractivity contribution in [1.29, 1.82) is 0 Å². The summed E-state index contributed by atoms with van der Waals surface area (Å²) in [5.74, 6) is 0. The average Bonchev–Trinajstić information content (AvgIpc) is 2.76. The van der Waals surface area contributed by atoms with E-state index in [1.165, 1.54) is 17.8 Å². The summed E-state index contributed by atoms with van der Waals surface area (Å²) in [6.07, 6.45) is 3.45. The fourth-order valence-electron chi connectivity index (χ4n) is 2.11. The van der Waals surface area contributed by atoms with Crippen molar-refractivity contribution in [2.45, 2.75) is 45.2 Å². The Morgan fingerprint density at radius 2 is 2.18 bits per heavy atom. The van der Waals surface area contributed by atoms with Crippen molar-refractivity contribution in [2.24, 2.45) is 0 Å². The number of anilines is 1. The van der Waals surface area contributed by atoms with E-state index in [2.05, 4.69) is 34.8 Å². The lowest BCUT2D eigenvalue weighted by atomic mass is 10.00. The number of urea groups is 1. The zero-order chi connectivity index (χ0) is 12.3. The van der Waals surface area contributed by atoms with Crippen LogP contribution in [0.2, 0.25) is 0 Å². The molecular weight excluding hydrogens is 238 g/mol. The van der Waals surface area contributed by atoms with Gasteiger partial charge < -0.3 is 0 Å². The molecule has 17 heavy (non-hydrogen) atoms. The van der Waals surface area contributed by atoms with E-state index in [1.807, 2.05) is 5.01 Å². The van der Waals surface area contributed by atoms with Gasteiger partial charge in [0.15, 0.2) is 0 Å². The summed E-state index contributed by atoms with van der Waals surface area (Å²) in [5, 5.41) is 12.6. The fourth-order valence-corrected chi connectivity index (χ4v) is 2.55. The lowest BCUT2D eigenvalue weighted by Gasteiger charge is -2.38. The highest BCUT2D eigenvalue weighted by Crippen LogP contribution is 2.20. The van der Waals surface area contributed by atoms with Crippen LogP contribution >= 0.6 is 11.3 Å². The van der Waals surface area contributed by atoms with Gasteiger partial charge in [-0.25, -0.2) is 9.80 Å². The van der Waals surface area contributed by atoms with Crippen LogP contribution < -0.4 is 10.7 Å². The number of rotatable bonds is 2. The standard InChI is InChI=1S/C10H17N5OS/c1-7-4-3-5-8(2)15(7)14-9(16)12-10-13-11-6-17-10/h6-8H,3-5H2,1-2H3,(H2,12,13,14,16). The maximum atomic E-state index is 11.7. The number of piperidine rings is 1. The molecular formula is C10H17N5OS. The first kappa shape index (κ1) is 12.3. The van der Waals surface area contributed by atoms with Gasteiger partial charge in [-0.1, -0.05) is 17.8 Å². The third-order valence-electron chi connectivity index (χ3n) is 3.00. The molecule has 0 spiro atoms. The minimum absolute atomic E-state index is 0.248. The number of hydrogen-bond donors (Lipinski definition) is 2. The Hall–Kier alpha value is -1.21. The molecule has 1 aliphatic heterocycles. The van der Waals surface area contributed by atoms with Crippen molar-refractivity contribution in [3.8, 4) is 0 Å². The van der Waals surface area contributed by atoms with Gasteiger partial charge in [-0.3, -0.25) is 10.7 Å². The summed E-state index contributed by atoms with van der Waals surface area (Å²) < 4.78 is 0. The molecule has 7 heteroatoms. The minimum atomic E-state index is -0.248. The van der Waals surface area contributed by atoms with Gasteiger partial charge in [0.2, 0.25) is 5.13 Å². The number of hydrogen-bond acceptors (Lipinski definition) is 5. The predicted molar refractivity (Wildman–Crippen MR) is 66.7 cm³/mol. The molecule has 1 saturated heterocycles. The molecule has 1 aromatic heterocycles. The Labute approximate surface area is 104 Å². The van der Waals surface area contributed by atoms with Crippen LogP contribution in [0.15, 0.2) is 5.51 Å². The van der Waals surface area contributed by atoms with E-state index in [4.69, 9.17) is 0 Å². The molecule has 1 aliphatic rings. The summed E-state index contributed by atoms with van der Waals surface area (Å²) in [4.78, 5) is 11.7. The summed E-state index contributed by atoms with van der Waals surface area (Å²) >= 11 is 1.30. The summed E-state index contributed by atoms with van der Waals surface area (Å²) in [6, 6.07) is 0.500. The second-order valence-corrected chi connectivity index (χ2v) is 5.18. The minimum Gasteiger partial charge on any atom is -0.281 e. The molecule has 0 bridgehead atoms. The Morgan fingerprint density at radius 3 is 2.76 bits per heavy atom. The number of carbonyl (C=O) groups excluding carboxylic acids is 1. The molecule has 0 aliphatic carbocycles. The predicted octanol–water partition coefficient (Wildman–Crippen LogP) is 1.84. The van der Waals surface area contributed by atoms with Crippen molar-refractivity contribution < 1.29 is 4.79 Å². The zero-order valence-corrected chi connectivity index (χ0v) is 10.8. The molecule has 0 radical (unpaired) electrons. The van der Waals surface area contributed by atoms with Gasteiger partial charge in [-0.2, -0.15) is 0 Å². The number of carbonyl (C=O) groups is 1. The van der Waals surface area contributed by atoms with Crippen LogP contribution in [0.3, 0.4) is 0 Å². The van der Waals surface area contributed by atoms with Crippen molar-refractivity contribution in [3.05, 3.63) is 5.51 Å². The lowest BCUT2D eigenvalue weighted by Crippen LogP contribution is -2.55. The fraction of sp³-hybridized carbons (Fsp3) is 0.700. The maximum Gasteiger partial charge on any atom is 0.335 e. The van der Waals surface area contributed by atoms with Crippen molar-refractivity contribution in [1.82, 2.24) is 20.6 Å². The lowest BCUT2D eigenvalue weighted by molar-refractivity contribution is 0.0625. The molecule has 2 amide bonds. The van der Waals surface area contributed by atoms with E-state index >= 15 is 0 Å². The van der Waals surface area contributed by atoms with Crippen LogP contribution in [0.25, 0.3) is 0 Å². The number of hydrazine groups is 1. The zero-order valence-electron chi connectivity index (χ0n) is 10.0. The highest BCUT2D eigenvalue weighted by Gasteiger charge is 2.26. The van der Waals surface area contributed by atoms with Crippen molar-refractivity contribution >= 4 is 22.5 Å². The van der Waals surface area contributed by atoms with E-state index < -0.39 is 0 Å². The van der Waals surface area contributed by atoms with E-state index in [1.54, 1.807) is 5.51 Å². The first-order valence-corrected chi connectivity index (χ1v) is 6.67. The number of aromatic nitrogens is 2. The topological polar surface area (TPSA) is 70.2 Å². The highest BCUT2D eigenvalue weighted by atomic mass is 32.1. The molecule has 2 N–H and O–H groups in total. The molecule has 0 saturated carbocycles. The van der Waals surface area contributed by atoms with E-state index in [-0.39, 0.29) is 6.03 Å². The van der Waals surface area contributed by atoms with Crippen LogP contribution in [0.4, 0.5) is 9.93 Å². The van der Waals surface area contributed by atoms with Gasteiger partial charge in [0.25, 0.3) is 0 Å². The SMILES string of the molecule is CC1CCCC(C)N1NC(=O)Nc1nncs1. The molecule has 1 fully saturated rings. The van der Waals surface area contributed by atoms with Gasteiger partial charge in [-0.15, -0.1) is 10.2 Å². The van der Waals surface area contributed by atoms with Crippen LogP contribution in [0, 0.1) is 0 Å². The third kappa shape index (κ3) is 3.13. The average molecular weight is 255 g/mol. The molecule has 2 atom stereocenters. The number of nitrogens with zero attached hydrogens (tertiary/aromatic N) is 3. The molecule has 6 nitrogen and oxygen atoms in total. The first-order chi connectivity index (χ1) is 8.16. The van der Waals surface area contributed by atoms with Crippen LogP contribution in [-0.2, 0) is 0 Å². The Bertz CT molecular complexity index is 359. The number of amides is 2. The second-order valence-electron chi connectivity index (χ2n) is 4.35. The first-order valence-electron chi connectivity index (χ1n) is 5.79. The normalized spacial score (nSPS) is 25.5. The Kier molecular flexibility index (Phi) is 3.90. The highest BCUT2D eigenvalue weighted by molar-refractivity contribution is 7.13. The third-order valence-corrected chi connectivity index (χ3v) is 3.61. The molecule has 0 aromatic carbocycles. The molecule has 94 valence electrons. The van der Waals surface area contributed by atoms with Crippen molar-refractivity contribution in [2.75, 3.05) is 5.32 Å². The summed E-state index contributed by atoms with van der Waals surface area (Å²) in [5.41, 5.74) is 4.46. The number of nitrogens with one attached hydrogen (secondary N) is 2. The quantitative estimate of drug-likeness (QED) is 0.846. The molecule has 2 heterocycles. The smallest absolute Gasteiger partial charge is 0.281 e. The second kappa shape index (κ2) is 5.42. The Morgan fingerprint density at radius 1 is 1.47 bits per heavy atom. The van der Waals surface area contributed by atoms with E-state index in [9.17, 15) is 4.79 Å². The summed E-state index contributed by atoms with van der Waals surface area (Å²) in [6.45, 7) is 4.25. The maximum absolute atomic E-state index is 11.7. The van der Waals surface area contributed by atoms with Gasteiger partial charge in [0.1, 0.15) is 5.51 Å². The van der Waals surface area contributed by atoms with Crippen molar-refractivity contribution in [3.63, 3.8) is 0 Å². The Balaban J connectivity index is 1.88. The van der Waals surface area contributed by atoms with Crippen LogP contribution in [0.5, 0.6) is 0 Å². The van der Waals surface area contributed by atoms with Gasteiger partial charge >= 0.3 is 6.03 Å². The van der Waals surface area contributed by atoms with E-state index in [0.29, 0.717) is 17.2 Å². The van der Waals surface area contributed by atoms with Gasteiger partial charge in [0.05, 0.1) is 0 Å². The molecule has 2 unspecified atom stereocenters.